The number of benzene rings is 1. The first kappa shape index (κ1) is 22.0. The molecule has 1 fully saturated rings. The van der Waals surface area contributed by atoms with Gasteiger partial charge in [0.05, 0.1) is 49.6 Å². The maximum atomic E-state index is 13.0. The van der Waals surface area contributed by atoms with Gasteiger partial charge in [-0.25, -0.2) is 0 Å². The minimum absolute atomic E-state index is 0.325. The molecule has 30 heavy (non-hydrogen) atoms. The van der Waals surface area contributed by atoms with Crippen molar-refractivity contribution in [3.63, 3.8) is 0 Å². The van der Waals surface area contributed by atoms with Crippen LogP contribution in [0.4, 0.5) is 11.4 Å². The number of aliphatic carboxylic acids is 1. The number of amides is 1. The van der Waals surface area contributed by atoms with E-state index >= 15 is 0 Å². The lowest BCUT2D eigenvalue weighted by molar-refractivity contribution is -0.146. The van der Waals surface area contributed by atoms with Crippen molar-refractivity contribution in [3.8, 4) is 11.5 Å². The number of carboxylic acid groups (broad SMARTS) is 1. The predicted molar refractivity (Wildman–Crippen MR) is 113 cm³/mol. The lowest BCUT2D eigenvalue weighted by Gasteiger charge is -2.31. The molecule has 1 saturated heterocycles. The number of carboxylic acids is 1. The third-order valence-electron chi connectivity index (χ3n) is 5.36. The van der Waals surface area contributed by atoms with E-state index in [1.807, 2.05) is 32.1 Å². The van der Waals surface area contributed by atoms with Crippen molar-refractivity contribution in [1.29, 1.82) is 0 Å². The molecule has 2 aliphatic rings. The Morgan fingerprint density at radius 1 is 1.07 bits per heavy atom. The number of morpholine rings is 1. The van der Waals surface area contributed by atoms with Crippen molar-refractivity contribution in [2.45, 2.75) is 26.7 Å². The van der Waals surface area contributed by atoms with Crippen molar-refractivity contribution in [2.75, 3.05) is 49.7 Å². The molecule has 164 valence electrons. The number of ether oxygens (including phenoxy) is 3. The lowest BCUT2D eigenvalue weighted by Crippen LogP contribution is -2.36. The molecule has 0 spiro atoms. The van der Waals surface area contributed by atoms with Crippen LogP contribution in [0.3, 0.4) is 0 Å². The van der Waals surface area contributed by atoms with Gasteiger partial charge in [-0.1, -0.05) is 12.2 Å². The smallest absolute Gasteiger partial charge is 0.307 e. The molecule has 1 aromatic carbocycles. The second-order valence-corrected chi connectivity index (χ2v) is 7.26. The summed E-state index contributed by atoms with van der Waals surface area (Å²) in [5.74, 6) is -1.46. The first-order valence-corrected chi connectivity index (χ1v) is 10.5. The summed E-state index contributed by atoms with van der Waals surface area (Å²) in [5, 5.41) is 12.4. The summed E-state index contributed by atoms with van der Waals surface area (Å²) in [6.07, 6.45) is 4.43. The molecule has 2 atom stereocenters. The van der Waals surface area contributed by atoms with Crippen LogP contribution in [-0.4, -0.2) is 56.5 Å². The highest BCUT2D eigenvalue weighted by Gasteiger charge is 2.34. The Kier molecular flexibility index (Phi) is 7.57. The summed E-state index contributed by atoms with van der Waals surface area (Å²) < 4.78 is 17.1. The standard InChI is InChI=1S/C22H30N2O6/c1-3-29-19-14-18(24-9-11-28-12-10-24)20(30-4-2)13-17(19)23-21(25)15-7-5-6-8-16(15)22(26)27/h5-6,13-16H,3-4,7-12H2,1-2H3,(H,23,25)(H,26,27)/t15-,16-/m0/s1. The molecule has 0 radical (unpaired) electrons. The average Bonchev–Trinajstić information content (AvgIpc) is 2.76. The number of carbonyl (C=O) groups is 2. The zero-order valence-electron chi connectivity index (χ0n) is 17.6. The van der Waals surface area contributed by atoms with E-state index in [-0.39, 0.29) is 5.91 Å². The third kappa shape index (κ3) is 5.05. The molecule has 0 unspecified atom stereocenters. The van der Waals surface area contributed by atoms with E-state index in [2.05, 4.69) is 10.2 Å². The Morgan fingerprint density at radius 3 is 2.33 bits per heavy atom. The Hall–Kier alpha value is -2.74. The molecule has 8 heteroatoms. The Labute approximate surface area is 176 Å². The fraction of sp³-hybridized carbons (Fsp3) is 0.545. The number of hydrogen-bond donors (Lipinski definition) is 2. The summed E-state index contributed by atoms with van der Waals surface area (Å²) in [5.41, 5.74) is 1.38. The van der Waals surface area contributed by atoms with Gasteiger partial charge < -0.3 is 29.5 Å². The molecule has 0 bridgehead atoms. The van der Waals surface area contributed by atoms with Crippen LogP contribution in [0.5, 0.6) is 11.5 Å². The third-order valence-corrected chi connectivity index (χ3v) is 5.36. The number of carbonyl (C=O) groups excluding carboxylic acids is 1. The van der Waals surface area contributed by atoms with E-state index < -0.39 is 17.8 Å². The Balaban J connectivity index is 1.90. The van der Waals surface area contributed by atoms with Crippen LogP contribution in [0.15, 0.2) is 24.3 Å². The van der Waals surface area contributed by atoms with Gasteiger partial charge in [0, 0.05) is 25.2 Å². The maximum Gasteiger partial charge on any atom is 0.307 e. The fourth-order valence-corrected chi connectivity index (χ4v) is 3.85. The number of anilines is 2. The van der Waals surface area contributed by atoms with Gasteiger partial charge in [0.15, 0.2) is 0 Å². The van der Waals surface area contributed by atoms with E-state index in [4.69, 9.17) is 14.2 Å². The second-order valence-electron chi connectivity index (χ2n) is 7.26. The van der Waals surface area contributed by atoms with Crippen LogP contribution in [-0.2, 0) is 14.3 Å². The molecule has 2 N–H and O–H groups in total. The second kappa shape index (κ2) is 10.3. The first-order valence-electron chi connectivity index (χ1n) is 10.5. The Morgan fingerprint density at radius 2 is 1.70 bits per heavy atom. The minimum Gasteiger partial charge on any atom is -0.492 e. The van der Waals surface area contributed by atoms with Crippen molar-refractivity contribution < 1.29 is 28.9 Å². The molecular weight excluding hydrogens is 388 g/mol. The van der Waals surface area contributed by atoms with Crippen LogP contribution < -0.4 is 19.7 Å². The highest BCUT2D eigenvalue weighted by molar-refractivity contribution is 5.97. The van der Waals surface area contributed by atoms with Gasteiger partial charge >= 0.3 is 5.97 Å². The largest absolute Gasteiger partial charge is 0.492 e. The van der Waals surface area contributed by atoms with Gasteiger partial charge in [-0.05, 0) is 26.7 Å². The number of allylic oxidation sites excluding steroid dienone is 2. The van der Waals surface area contributed by atoms with Gasteiger partial charge in [-0.2, -0.15) is 0 Å². The van der Waals surface area contributed by atoms with Gasteiger partial charge in [0.25, 0.3) is 0 Å². The molecule has 1 aromatic rings. The molecule has 0 aromatic heterocycles. The minimum atomic E-state index is -0.956. The monoisotopic (exact) mass is 418 g/mol. The first-order chi connectivity index (χ1) is 14.5. The van der Waals surface area contributed by atoms with Crippen LogP contribution >= 0.6 is 0 Å². The Bertz CT molecular complexity index is 788. The van der Waals surface area contributed by atoms with Gasteiger partial charge in [-0.15, -0.1) is 0 Å². The molecule has 0 saturated carbocycles. The van der Waals surface area contributed by atoms with Gasteiger partial charge in [-0.3, -0.25) is 9.59 Å². The topological polar surface area (TPSA) is 97.3 Å². The average molecular weight is 418 g/mol. The van der Waals surface area contributed by atoms with Crippen LogP contribution in [0, 0.1) is 11.8 Å². The van der Waals surface area contributed by atoms with E-state index in [9.17, 15) is 14.7 Å². The van der Waals surface area contributed by atoms with Crippen molar-refractivity contribution in [3.05, 3.63) is 24.3 Å². The summed E-state index contributed by atoms with van der Waals surface area (Å²) in [7, 11) is 0. The van der Waals surface area contributed by atoms with Gasteiger partial charge in [0.2, 0.25) is 5.91 Å². The number of nitrogens with one attached hydrogen (secondary N) is 1. The molecule has 1 heterocycles. The van der Waals surface area contributed by atoms with Crippen LogP contribution in [0.2, 0.25) is 0 Å². The molecule has 1 aliphatic heterocycles. The van der Waals surface area contributed by atoms with E-state index in [0.29, 0.717) is 56.5 Å². The molecule has 3 rings (SSSR count). The molecular formula is C22H30N2O6. The van der Waals surface area contributed by atoms with Crippen molar-refractivity contribution in [2.24, 2.45) is 11.8 Å². The predicted octanol–water partition coefficient (Wildman–Crippen LogP) is 2.93. The molecule has 1 amide bonds. The summed E-state index contributed by atoms with van der Waals surface area (Å²) in [6.45, 7) is 7.46. The van der Waals surface area contributed by atoms with Gasteiger partial charge in [0.1, 0.15) is 11.5 Å². The number of rotatable bonds is 8. The van der Waals surface area contributed by atoms with E-state index in [1.54, 1.807) is 6.07 Å². The lowest BCUT2D eigenvalue weighted by atomic mass is 9.82. The van der Waals surface area contributed by atoms with Crippen LogP contribution in [0.1, 0.15) is 26.7 Å². The van der Waals surface area contributed by atoms with Crippen molar-refractivity contribution >= 4 is 23.3 Å². The van der Waals surface area contributed by atoms with E-state index in [1.165, 1.54) is 0 Å². The fourth-order valence-electron chi connectivity index (χ4n) is 3.85. The van der Waals surface area contributed by atoms with E-state index in [0.717, 1.165) is 18.8 Å². The zero-order chi connectivity index (χ0) is 21.5. The summed E-state index contributed by atoms with van der Waals surface area (Å²) in [4.78, 5) is 26.7. The molecule has 1 aliphatic carbocycles. The number of hydrogen-bond acceptors (Lipinski definition) is 6. The highest BCUT2D eigenvalue weighted by Crippen LogP contribution is 2.40. The van der Waals surface area contributed by atoms with Crippen LogP contribution in [0.25, 0.3) is 0 Å². The SMILES string of the molecule is CCOc1cc(N2CCOCC2)c(OCC)cc1NC(=O)[C@H]1CC=CC[C@@H]1C(=O)O. The van der Waals surface area contributed by atoms with Crippen molar-refractivity contribution in [1.82, 2.24) is 0 Å². The zero-order valence-corrected chi connectivity index (χ0v) is 17.6. The quantitative estimate of drug-likeness (QED) is 0.627. The molecule has 8 nitrogen and oxygen atoms in total. The summed E-state index contributed by atoms with van der Waals surface area (Å²) >= 11 is 0. The highest BCUT2D eigenvalue weighted by atomic mass is 16.5. The normalized spacial score (nSPS) is 21.2. The maximum absolute atomic E-state index is 13.0. The summed E-state index contributed by atoms with van der Waals surface area (Å²) in [6, 6.07) is 3.65. The number of nitrogens with zero attached hydrogens (tertiary/aromatic N) is 1.